The topological polar surface area (TPSA) is 71.7 Å². The van der Waals surface area contributed by atoms with E-state index in [4.69, 9.17) is 9.26 Å². The van der Waals surface area contributed by atoms with Gasteiger partial charge in [0.1, 0.15) is 11.6 Å². The maximum Gasteiger partial charge on any atom is 0.260 e. The Hall–Kier alpha value is -2.48. The van der Waals surface area contributed by atoms with Gasteiger partial charge in [-0.15, -0.1) is 0 Å². The molecule has 3 rings (SSSR count). The predicted octanol–water partition coefficient (Wildman–Crippen LogP) is 1.88. The first-order chi connectivity index (χ1) is 12.6. The van der Waals surface area contributed by atoms with E-state index in [1.54, 1.807) is 4.90 Å². The summed E-state index contributed by atoms with van der Waals surface area (Å²) in [6.45, 7) is 5.37. The number of ether oxygens (including phenoxy) is 1. The molecule has 2 aromatic rings. The Balaban J connectivity index is 1.41. The van der Waals surface area contributed by atoms with Crippen molar-refractivity contribution in [2.45, 2.75) is 26.3 Å². The maximum absolute atomic E-state index is 12.9. The van der Waals surface area contributed by atoms with Gasteiger partial charge in [-0.25, -0.2) is 4.39 Å². The number of halogens is 1. The van der Waals surface area contributed by atoms with Crippen LogP contribution in [-0.2, 0) is 17.8 Å². The summed E-state index contributed by atoms with van der Waals surface area (Å²) in [5.74, 6) is 1.44. The number of hydrogen-bond acceptors (Lipinski definition) is 6. The lowest BCUT2D eigenvalue weighted by Gasteiger charge is -2.33. The molecule has 140 valence electrons. The minimum atomic E-state index is -0.331. The van der Waals surface area contributed by atoms with Gasteiger partial charge < -0.3 is 14.2 Å². The van der Waals surface area contributed by atoms with E-state index in [9.17, 15) is 9.18 Å². The monoisotopic (exact) mass is 362 g/mol. The third kappa shape index (κ3) is 5.01. The molecule has 26 heavy (non-hydrogen) atoms. The molecule has 1 aromatic carbocycles. The number of benzene rings is 1. The minimum absolute atomic E-state index is 0.0460. The van der Waals surface area contributed by atoms with Gasteiger partial charge in [0, 0.05) is 32.6 Å². The van der Waals surface area contributed by atoms with Crippen molar-refractivity contribution in [3.8, 4) is 5.75 Å². The molecule has 0 atom stereocenters. The lowest BCUT2D eigenvalue weighted by molar-refractivity contribution is -0.135. The van der Waals surface area contributed by atoms with Crippen LogP contribution in [0.25, 0.3) is 0 Å². The first-order valence-corrected chi connectivity index (χ1v) is 8.84. The van der Waals surface area contributed by atoms with Gasteiger partial charge in [0.25, 0.3) is 5.91 Å². The van der Waals surface area contributed by atoms with Crippen molar-refractivity contribution in [3.63, 3.8) is 0 Å². The van der Waals surface area contributed by atoms with Crippen LogP contribution in [0.3, 0.4) is 0 Å². The van der Waals surface area contributed by atoms with E-state index in [1.807, 2.05) is 0 Å². The molecule has 1 saturated heterocycles. The highest BCUT2D eigenvalue weighted by Gasteiger charge is 2.22. The summed E-state index contributed by atoms with van der Waals surface area (Å²) in [6, 6.07) is 5.64. The van der Waals surface area contributed by atoms with Gasteiger partial charge in [0.15, 0.2) is 12.4 Å². The van der Waals surface area contributed by atoms with Crippen molar-refractivity contribution in [1.82, 2.24) is 19.9 Å². The normalized spacial score (nSPS) is 15.2. The van der Waals surface area contributed by atoms with E-state index in [0.29, 0.717) is 31.3 Å². The number of hydrogen-bond donors (Lipinski definition) is 0. The van der Waals surface area contributed by atoms with E-state index in [1.165, 1.54) is 24.3 Å². The van der Waals surface area contributed by atoms with Crippen LogP contribution in [-0.4, -0.2) is 58.6 Å². The lowest BCUT2D eigenvalue weighted by atomic mass is 10.3. The number of aromatic nitrogens is 2. The van der Waals surface area contributed by atoms with Crippen LogP contribution in [0.15, 0.2) is 28.8 Å². The summed E-state index contributed by atoms with van der Waals surface area (Å²) in [4.78, 5) is 20.6. The number of rotatable bonds is 7. The molecule has 0 bridgehead atoms. The smallest absolute Gasteiger partial charge is 0.260 e. The van der Waals surface area contributed by atoms with E-state index >= 15 is 0 Å². The summed E-state index contributed by atoms with van der Waals surface area (Å²) in [5, 5.41) is 3.96. The fourth-order valence-electron chi connectivity index (χ4n) is 2.79. The number of amides is 1. The number of aryl methyl sites for hydroxylation is 1. The van der Waals surface area contributed by atoms with Crippen LogP contribution in [0.1, 0.15) is 25.1 Å². The van der Waals surface area contributed by atoms with Crippen LogP contribution in [0.5, 0.6) is 5.75 Å². The molecule has 8 heteroatoms. The highest BCUT2D eigenvalue weighted by atomic mass is 19.1. The molecule has 0 spiro atoms. The van der Waals surface area contributed by atoms with Crippen LogP contribution in [0, 0.1) is 5.82 Å². The number of carbonyl (C=O) groups excluding carboxylic acids is 1. The second kappa shape index (κ2) is 8.75. The highest BCUT2D eigenvalue weighted by Crippen LogP contribution is 2.12. The molecular weight excluding hydrogens is 339 g/mol. The molecule has 7 nitrogen and oxygen atoms in total. The molecule has 1 aromatic heterocycles. The molecule has 0 N–H and O–H groups in total. The van der Waals surface area contributed by atoms with Crippen molar-refractivity contribution in [1.29, 1.82) is 0 Å². The zero-order valence-electron chi connectivity index (χ0n) is 14.9. The van der Waals surface area contributed by atoms with Crippen molar-refractivity contribution in [3.05, 3.63) is 41.8 Å². The maximum atomic E-state index is 12.9. The standard InChI is InChI=1S/C18H23FN4O3/c1-2-3-16-20-17(26-21-16)12-22-8-10-23(11-9-22)18(24)13-25-15-6-4-14(19)5-7-15/h4-7H,2-3,8-13H2,1H3. The largest absolute Gasteiger partial charge is 0.484 e. The number of nitrogens with zero attached hydrogens (tertiary/aromatic N) is 4. The van der Waals surface area contributed by atoms with Crippen molar-refractivity contribution < 1.29 is 18.4 Å². The Labute approximate surface area is 151 Å². The van der Waals surface area contributed by atoms with Crippen molar-refractivity contribution >= 4 is 5.91 Å². The van der Waals surface area contributed by atoms with Crippen molar-refractivity contribution in [2.24, 2.45) is 0 Å². The molecule has 2 heterocycles. The summed E-state index contributed by atoms with van der Waals surface area (Å²) in [5.41, 5.74) is 0. The van der Waals surface area contributed by atoms with Crippen molar-refractivity contribution in [2.75, 3.05) is 32.8 Å². The molecule has 1 amide bonds. The van der Waals surface area contributed by atoms with E-state index < -0.39 is 0 Å². The second-order valence-electron chi connectivity index (χ2n) is 6.25. The van der Waals surface area contributed by atoms with E-state index in [0.717, 1.165) is 31.8 Å². The lowest BCUT2D eigenvalue weighted by Crippen LogP contribution is -2.49. The Morgan fingerprint density at radius 1 is 1.23 bits per heavy atom. The van der Waals surface area contributed by atoms with Gasteiger partial charge in [-0.2, -0.15) is 4.98 Å². The molecule has 1 fully saturated rings. The van der Waals surface area contributed by atoms with Crippen LogP contribution < -0.4 is 4.74 Å². The molecule has 1 aliphatic rings. The first-order valence-electron chi connectivity index (χ1n) is 8.84. The zero-order chi connectivity index (χ0) is 18.4. The third-order valence-electron chi connectivity index (χ3n) is 4.24. The van der Waals surface area contributed by atoms with Gasteiger partial charge in [-0.1, -0.05) is 12.1 Å². The number of piperazine rings is 1. The molecule has 0 unspecified atom stereocenters. The first kappa shape index (κ1) is 18.3. The van der Waals surface area contributed by atoms with Crippen LogP contribution in [0.2, 0.25) is 0 Å². The minimum Gasteiger partial charge on any atom is -0.484 e. The highest BCUT2D eigenvalue weighted by molar-refractivity contribution is 5.77. The Morgan fingerprint density at radius 2 is 1.96 bits per heavy atom. The number of carbonyl (C=O) groups is 1. The molecule has 0 saturated carbocycles. The Kier molecular flexibility index (Phi) is 6.17. The fourth-order valence-corrected chi connectivity index (χ4v) is 2.79. The SMILES string of the molecule is CCCc1noc(CN2CCN(C(=O)COc3ccc(F)cc3)CC2)n1. The molecular formula is C18H23FN4O3. The van der Waals surface area contributed by atoms with Gasteiger partial charge in [-0.05, 0) is 30.7 Å². The average Bonchev–Trinajstić information content (AvgIpc) is 3.09. The predicted molar refractivity (Wildman–Crippen MR) is 92.0 cm³/mol. The van der Waals surface area contributed by atoms with Gasteiger partial charge >= 0.3 is 0 Å². The fraction of sp³-hybridized carbons (Fsp3) is 0.500. The van der Waals surface area contributed by atoms with E-state index in [2.05, 4.69) is 22.0 Å². The average molecular weight is 362 g/mol. The van der Waals surface area contributed by atoms with Gasteiger partial charge in [0.05, 0.1) is 6.54 Å². The molecule has 0 radical (unpaired) electrons. The molecule has 0 aliphatic carbocycles. The summed E-state index contributed by atoms with van der Waals surface area (Å²) >= 11 is 0. The van der Waals surface area contributed by atoms with Gasteiger partial charge in [0.2, 0.25) is 5.89 Å². The second-order valence-corrected chi connectivity index (χ2v) is 6.25. The molecule has 1 aliphatic heterocycles. The quantitative estimate of drug-likeness (QED) is 0.749. The summed E-state index contributed by atoms with van der Waals surface area (Å²) in [6.07, 6.45) is 1.81. The van der Waals surface area contributed by atoms with Crippen LogP contribution in [0.4, 0.5) is 4.39 Å². The zero-order valence-corrected chi connectivity index (χ0v) is 14.9. The summed E-state index contributed by atoms with van der Waals surface area (Å²) in [7, 11) is 0. The van der Waals surface area contributed by atoms with E-state index in [-0.39, 0.29) is 18.3 Å². The van der Waals surface area contributed by atoms with Gasteiger partial charge in [-0.3, -0.25) is 9.69 Å². The third-order valence-corrected chi connectivity index (χ3v) is 4.24. The Morgan fingerprint density at radius 3 is 2.65 bits per heavy atom. The summed E-state index contributed by atoms with van der Waals surface area (Å²) < 4.78 is 23.5. The Bertz CT molecular complexity index is 711. The van der Waals surface area contributed by atoms with Crippen LogP contribution >= 0.6 is 0 Å².